The predicted molar refractivity (Wildman–Crippen MR) is 100 cm³/mol. The molecule has 0 spiro atoms. The number of ether oxygens (including phenoxy) is 1. The fourth-order valence-corrected chi connectivity index (χ4v) is 1.89. The lowest BCUT2D eigenvalue weighted by Crippen LogP contribution is -2.39. The summed E-state index contributed by atoms with van der Waals surface area (Å²) in [7, 11) is 0. The van der Waals surface area contributed by atoms with E-state index in [1.54, 1.807) is 0 Å². The predicted octanol–water partition coefficient (Wildman–Crippen LogP) is 2.07. The molecule has 1 unspecified atom stereocenters. The summed E-state index contributed by atoms with van der Waals surface area (Å²) in [6.45, 7) is 5.43. The molecule has 5 nitrogen and oxygen atoms in total. The van der Waals surface area contributed by atoms with Crippen LogP contribution in [0.5, 0.6) is 5.75 Å². The molecule has 0 amide bonds. The number of aliphatic hydroxyl groups excluding tert-OH is 1. The number of benzene rings is 1. The second kappa shape index (κ2) is 9.89. The molecule has 1 atom stereocenters. The number of halogens is 1. The summed E-state index contributed by atoms with van der Waals surface area (Å²) in [4.78, 5) is 4.39. The number of guanidine groups is 1. The first-order valence-electron chi connectivity index (χ1n) is 7.59. The molecule has 3 N–H and O–H groups in total. The van der Waals surface area contributed by atoms with Gasteiger partial charge in [-0.25, -0.2) is 0 Å². The third kappa shape index (κ3) is 7.31. The molecular formula is C16H26IN3O2. The summed E-state index contributed by atoms with van der Waals surface area (Å²) in [5.74, 6) is 1.55. The molecule has 1 aromatic carbocycles. The maximum absolute atomic E-state index is 9.96. The summed E-state index contributed by atoms with van der Waals surface area (Å²) in [5, 5.41) is 16.5. The number of hydrogen-bond donors (Lipinski definition) is 3. The van der Waals surface area contributed by atoms with Gasteiger partial charge in [0.15, 0.2) is 5.96 Å². The quantitative estimate of drug-likeness (QED) is 0.360. The average Bonchev–Trinajstić information content (AvgIpc) is 3.27. The zero-order chi connectivity index (χ0) is 15.1. The van der Waals surface area contributed by atoms with Crippen molar-refractivity contribution in [3.05, 3.63) is 29.8 Å². The summed E-state index contributed by atoms with van der Waals surface area (Å²) in [5.41, 5.74) is 1.14. The van der Waals surface area contributed by atoms with Crippen LogP contribution in [0.1, 0.15) is 25.3 Å². The minimum atomic E-state index is -0.611. The topological polar surface area (TPSA) is 65.9 Å². The summed E-state index contributed by atoms with van der Waals surface area (Å²) in [6.07, 6.45) is 1.78. The van der Waals surface area contributed by atoms with E-state index in [9.17, 15) is 5.11 Å². The fraction of sp³-hybridized carbons (Fsp3) is 0.562. The number of nitrogens with zero attached hydrogens (tertiary/aromatic N) is 1. The second-order valence-electron chi connectivity index (χ2n) is 5.42. The van der Waals surface area contributed by atoms with Crippen molar-refractivity contribution in [3.63, 3.8) is 0 Å². The molecule has 0 aliphatic heterocycles. The third-order valence-corrected chi connectivity index (χ3v) is 3.15. The smallest absolute Gasteiger partial charge is 0.191 e. The molecule has 0 aromatic heterocycles. The lowest BCUT2D eigenvalue weighted by molar-refractivity contribution is 0.114. The van der Waals surface area contributed by atoms with E-state index in [0.717, 1.165) is 23.8 Å². The van der Waals surface area contributed by atoms with Crippen molar-refractivity contribution in [1.29, 1.82) is 0 Å². The SMILES string of the molecule is CCNC(=NCC(O)COc1cccc(C)c1)NC1CC1.I. The number of aliphatic hydroxyl groups is 1. The Hall–Kier alpha value is -1.02. The van der Waals surface area contributed by atoms with Gasteiger partial charge in [-0.2, -0.15) is 0 Å². The summed E-state index contributed by atoms with van der Waals surface area (Å²) < 4.78 is 5.57. The second-order valence-corrected chi connectivity index (χ2v) is 5.42. The molecule has 0 radical (unpaired) electrons. The lowest BCUT2D eigenvalue weighted by Gasteiger charge is -2.13. The van der Waals surface area contributed by atoms with Crippen LogP contribution < -0.4 is 15.4 Å². The van der Waals surface area contributed by atoms with Crippen LogP contribution >= 0.6 is 24.0 Å². The number of nitrogens with one attached hydrogen (secondary N) is 2. The van der Waals surface area contributed by atoms with Crippen molar-refractivity contribution in [2.24, 2.45) is 4.99 Å². The minimum Gasteiger partial charge on any atom is -0.491 e. The van der Waals surface area contributed by atoms with E-state index in [2.05, 4.69) is 15.6 Å². The molecule has 2 rings (SSSR count). The summed E-state index contributed by atoms with van der Waals surface area (Å²) in [6, 6.07) is 8.34. The first-order valence-corrected chi connectivity index (χ1v) is 7.59. The van der Waals surface area contributed by atoms with E-state index in [4.69, 9.17) is 4.74 Å². The van der Waals surface area contributed by atoms with E-state index < -0.39 is 6.10 Å². The van der Waals surface area contributed by atoms with Crippen LogP contribution in [-0.4, -0.2) is 42.9 Å². The highest BCUT2D eigenvalue weighted by atomic mass is 127. The van der Waals surface area contributed by atoms with E-state index in [1.165, 1.54) is 12.8 Å². The molecule has 1 fully saturated rings. The Morgan fingerprint density at radius 2 is 2.23 bits per heavy atom. The Labute approximate surface area is 149 Å². The van der Waals surface area contributed by atoms with Gasteiger partial charge in [-0.1, -0.05) is 12.1 Å². The third-order valence-electron chi connectivity index (χ3n) is 3.15. The zero-order valence-electron chi connectivity index (χ0n) is 13.2. The molecule has 6 heteroatoms. The number of aliphatic imine (C=N–C) groups is 1. The van der Waals surface area contributed by atoms with Crippen molar-refractivity contribution >= 4 is 29.9 Å². The van der Waals surface area contributed by atoms with Gasteiger partial charge in [0.1, 0.15) is 18.5 Å². The van der Waals surface area contributed by atoms with Crippen LogP contribution in [0.25, 0.3) is 0 Å². The molecule has 0 saturated heterocycles. The van der Waals surface area contributed by atoms with E-state index in [0.29, 0.717) is 12.6 Å². The Bertz CT molecular complexity index is 478. The summed E-state index contributed by atoms with van der Waals surface area (Å²) >= 11 is 0. The lowest BCUT2D eigenvalue weighted by atomic mass is 10.2. The van der Waals surface area contributed by atoms with Crippen LogP contribution in [0.2, 0.25) is 0 Å². The Balaban J connectivity index is 0.00000242. The van der Waals surface area contributed by atoms with Crippen molar-refractivity contribution in [3.8, 4) is 5.75 Å². The Morgan fingerprint density at radius 1 is 1.45 bits per heavy atom. The maximum Gasteiger partial charge on any atom is 0.191 e. The molecule has 22 heavy (non-hydrogen) atoms. The molecule has 1 aromatic rings. The van der Waals surface area contributed by atoms with E-state index in [-0.39, 0.29) is 30.6 Å². The molecule has 1 saturated carbocycles. The van der Waals surface area contributed by atoms with Crippen LogP contribution in [0.4, 0.5) is 0 Å². The Kier molecular flexibility index (Phi) is 8.55. The van der Waals surface area contributed by atoms with Gasteiger partial charge in [0.2, 0.25) is 0 Å². The van der Waals surface area contributed by atoms with E-state index in [1.807, 2.05) is 38.1 Å². The van der Waals surface area contributed by atoms with Gasteiger partial charge in [0, 0.05) is 12.6 Å². The van der Waals surface area contributed by atoms with Gasteiger partial charge in [-0.15, -0.1) is 24.0 Å². The normalized spacial score (nSPS) is 15.7. The molecular weight excluding hydrogens is 393 g/mol. The molecule has 1 aliphatic carbocycles. The number of hydrogen-bond acceptors (Lipinski definition) is 3. The monoisotopic (exact) mass is 419 g/mol. The largest absolute Gasteiger partial charge is 0.491 e. The first-order chi connectivity index (χ1) is 10.2. The van der Waals surface area contributed by atoms with Crippen molar-refractivity contribution in [2.75, 3.05) is 19.7 Å². The number of rotatable bonds is 7. The van der Waals surface area contributed by atoms with Gasteiger partial charge in [0.25, 0.3) is 0 Å². The number of aryl methyl sites for hydroxylation is 1. The van der Waals surface area contributed by atoms with E-state index >= 15 is 0 Å². The van der Waals surface area contributed by atoms with Crippen LogP contribution in [0.15, 0.2) is 29.3 Å². The molecule has 0 heterocycles. The molecule has 1 aliphatic rings. The Morgan fingerprint density at radius 3 is 2.86 bits per heavy atom. The molecule has 124 valence electrons. The van der Waals surface area contributed by atoms with Gasteiger partial charge < -0.3 is 20.5 Å². The van der Waals surface area contributed by atoms with Crippen LogP contribution in [0, 0.1) is 6.92 Å². The van der Waals surface area contributed by atoms with Crippen LogP contribution in [0.3, 0.4) is 0 Å². The van der Waals surface area contributed by atoms with Gasteiger partial charge in [-0.3, -0.25) is 4.99 Å². The van der Waals surface area contributed by atoms with Gasteiger partial charge in [-0.05, 0) is 44.4 Å². The highest BCUT2D eigenvalue weighted by Gasteiger charge is 2.22. The van der Waals surface area contributed by atoms with Gasteiger partial charge in [0.05, 0.1) is 6.54 Å². The maximum atomic E-state index is 9.96. The van der Waals surface area contributed by atoms with Crippen molar-refractivity contribution < 1.29 is 9.84 Å². The zero-order valence-corrected chi connectivity index (χ0v) is 15.5. The highest BCUT2D eigenvalue weighted by Crippen LogP contribution is 2.18. The van der Waals surface area contributed by atoms with Crippen molar-refractivity contribution in [1.82, 2.24) is 10.6 Å². The molecule has 0 bridgehead atoms. The average molecular weight is 419 g/mol. The fourth-order valence-electron chi connectivity index (χ4n) is 1.89. The standard InChI is InChI=1S/C16H25N3O2.HI/c1-3-17-16(19-13-7-8-13)18-10-14(20)11-21-15-6-4-5-12(2)9-15;/h4-6,9,13-14,20H,3,7-8,10-11H2,1-2H3,(H2,17,18,19);1H. The first kappa shape index (κ1) is 19.0. The van der Waals surface area contributed by atoms with Crippen LogP contribution in [-0.2, 0) is 0 Å². The highest BCUT2D eigenvalue weighted by molar-refractivity contribution is 14.0. The van der Waals surface area contributed by atoms with Crippen molar-refractivity contribution in [2.45, 2.75) is 38.8 Å². The van der Waals surface area contributed by atoms with Gasteiger partial charge >= 0.3 is 0 Å². The minimum absolute atomic E-state index is 0.